The summed E-state index contributed by atoms with van der Waals surface area (Å²) in [4.78, 5) is 6.79. The summed E-state index contributed by atoms with van der Waals surface area (Å²) in [5.41, 5.74) is 2.57. The van der Waals surface area contributed by atoms with E-state index < -0.39 is 0 Å². The summed E-state index contributed by atoms with van der Waals surface area (Å²) in [7, 11) is 0. The topological polar surface area (TPSA) is 16.1 Å². The third-order valence-corrected chi connectivity index (χ3v) is 3.08. The SMILES string of the molecule is CCN1CCC[C@H]1c1ccnc(C)c1. The van der Waals surface area contributed by atoms with Crippen LogP contribution in [-0.4, -0.2) is 23.0 Å². The Balaban J connectivity index is 2.21. The van der Waals surface area contributed by atoms with Crippen LogP contribution in [0.4, 0.5) is 0 Å². The van der Waals surface area contributed by atoms with E-state index in [1.54, 1.807) is 0 Å². The Morgan fingerprint density at radius 2 is 2.43 bits per heavy atom. The molecule has 0 radical (unpaired) electrons. The summed E-state index contributed by atoms with van der Waals surface area (Å²) in [5.74, 6) is 0. The van der Waals surface area contributed by atoms with Crippen molar-refractivity contribution >= 4 is 0 Å². The lowest BCUT2D eigenvalue weighted by Gasteiger charge is -2.23. The molecular weight excluding hydrogens is 172 g/mol. The molecule has 1 aromatic heterocycles. The van der Waals surface area contributed by atoms with Crippen molar-refractivity contribution in [3.05, 3.63) is 29.6 Å². The standard InChI is InChI=1S/C12H18N2/c1-3-14-8-4-5-12(14)11-6-7-13-10(2)9-11/h6-7,9,12H,3-5,8H2,1-2H3/t12-/m0/s1. The quantitative estimate of drug-likeness (QED) is 0.712. The lowest BCUT2D eigenvalue weighted by molar-refractivity contribution is 0.271. The van der Waals surface area contributed by atoms with Gasteiger partial charge in [0.1, 0.15) is 0 Å². The second kappa shape index (κ2) is 4.09. The fourth-order valence-corrected chi connectivity index (χ4v) is 2.36. The minimum absolute atomic E-state index is 0.640. The van der Waals surface area contributed by atoms with E-state index in [9.17, 15) is 0 Å². The number of aryl methyl sites for hydroxylation is 1. The number of hydrogen-bond acceptors (Lipinski definition) is 2. The number of likely N-dealkylation sites (tertiary alicyclic amines) is 1. The van der Waals surface area contributed by atoms with E-state index in [-0.39, 0.29) is 0 Å². The number of pyridine rings is 1. The maximum atomic E-state index is 4.24. The fourth-order valence-electron chi connectivity index (χ4n) is 2.36. The predicted octanol–water partition coefficient (Wildman–Crippen LogP) is 2.55. The van der Waals surface area contributed by atoms with Crippen molar-refractivity contribution < 1.29 is 0 Å². The highest BCUT2D eigenvalue weighted by molar-refractivity contribution is 5.20. The molecule has 76 valence electrons. The van der Waals surface area contributed by atoms with E-state index in [1.165, 1.54) is 24.9 Å². The molecule has 0 amide bonds. The normalized spacial score (nSPS) is 22.9. The fraction of sp³-hybridized carbons (Fsp3) is 0.583. The van der Waals surface area contributed by atoms with Crippen molar-refractivity contribution in [2.75, 3.05) is 13.1 Å². The van der Waals surface area contributed by atoms with Gasteiger partial charge in [0.15, 0.2) is 0 Å². The molecule has 2 nitrogen and oxygen atoms in total. The van der Waals surface area contributed by atoms with Crippen LogP contribution in [0.2, 0.25) is 0 Å². The third kappa shape index (κ3) is 1.80. The molecule has 0 unspecified atom stereocenters. The van der Waals surface area contributed by atoms with Gasteiger partial charge in [-0.15, -0.1) is 0 Å². The van der Waals surface area contributed by atoms with Crippen LogP contribution in [0.5, 0.6) is 0 Å². The third-order valence-electron chi connectivity index (χ3n) is 3.08. The monoisotopic (exact) mass is 190 g/mol. The minimum atomic E-state index is 0.640. The van der Waals surface area contributed by atoms with Crippen molar-refractivity contribution in [1.29, 1.82) is 0 Å². The van der Waals surface area contributed by atoms with Crippen LogP contribution in [0.1, 0.15) is 37.1 Å². The summed E-state index contributed by atoms with van der Waals surface area (Å²) >= 11 is 0. The molecule has 0 aromatic carbocycles. The maximum absolute atomic E-state index is 4.24. The summed E-state index contributed by atoms with van der Waals surface area (Å²) in [6.45, 7) is 6.72. The van der Waals surface area contributed by atoms with Gasteiger partial charge in [0.05, 0.1) is 0 Å². The van der Waals surface area contributed by atoms with Gasteiger partial charge in [0.25, 0.3) is 0 Å². The molecule has 1 fully saturated rings. The Morgan fingerprint density at radius 1 is 1.57 bits per heavy atom. The summed E-state index contributed by atoms with van der Waals surface area (Å²) in [5, 5.41) is 0. The molecular formula is C12H18N2. The average Bonchev–Trinajstić information content (AvgIpc) is 2.65. The Bertz CT molecular complexity index is 309. The van der Waals surface area contributed by atoms with Crippen molar-refractivity contribution in [3.63, 3.8) is 0 Å². The Morgan fingerprint density at radius 3 is 3.14 bits per heavy atom. The highest BCUT2D eigenvalue weighted by Gasteiger charge is 2.24. The van der Waals surface area contributed by atoms with Gasteiger partial charge in [0.2, 0.25) is 0 Å². The van der Waals surface area contributed by atoms with Crippen LogP contribution in [0, 0.1) is 6.92 Å². The molecule has 1 saturated heterocycles. The van der Waals surface area contributed by atoms with Gasteiger partial charge >= 0.3 is 0 Å². The molecule has 0 spiro atoms. The number of rotatable bonds is 2. The van der Waals surface area contributed by atoms with Gasteiger partial charge in [0, 0.05) is 17.9 Å². The molecule has 14 heavy (non-hydrogen) atoms. The Labute approximate surface area is 86.0 Å². The largest absolute Gasteiger partial charge is 0.297 e. The zero-order chi connectivity index (χ0) is 9.97. The summed E-state index contributed by atoms with van der Waals surface area (Å²) in [6.07, 6.45) is 4.56. The zero-order valence-corrected chi connectivity index (χ0v) is 9.03. The van der Waals surface area contributed by atoms with Crippen LogP contribution in [0.3, 0.4) is 0 Å². The molecule has 1 aromatic rings. The predicted molar refractivity (Wildman–Crippen MR) is 58.2 cm³/mol. The zero-order valence-electron chi connectivity index (χ0n) is 9.03. The Kier molecular flexibility index (Phi) is 2.82. The van der Waals surface area contributed by atoms with E-state index in [1.807, 2.05) is 6.20 Å². The van der Waals surface area contributed by atoms with Gasteiger partial charge in [-0.25, -0.2) is 0 Å². The maximum Gasteiger partial charge on any atom is 0.0375 e. The molecule has 2 rings (SSSR count). The Hall–Kier alpha value is -0.890. The van der Waals surface area contributed by atoms with Crippen molar-refractivity contribution in [2.45, 2.75) is 32.7 Å². The van der Waals surface area contributed by atoms with Crippen molar-refractivity contribution in [1.82, 2.24) is 9.88 Å². The highest BCUT2D eigenvalue weighted by atomic mass is 15.2. The van der Waals surface area contributed by atoms with E-state index in [0.717, 1.165) is 12.2 Å². The van der Waals surface area contributed by atoms with Crippen molar-refractivity contribution in [3.8, 4) is 0 Å². The average molecular weight is 190 g/mol. The number of hydrogen-bond donors (Lipinski definition) is 0. The van der Waals surface area contributed by atoms with Crippen LogP contribution >= 0.6 is 0 Å². The molecule has 0 N–H and O–H groups in total. The van der Waals surface area contributed by atoms with Gasteiger partial charge in [-0.05, 0) is 50.6 Å². The number of nitrogens with zero attached hydrogens (tertiary/aromatic N) is 2. The highest BCUT2D eigenvalue weighted by Crippen LogP contribution is 2.31. The van der Waals surface area contributed by atoms with E-state index in [4.69, 9.17) is 0 Å². The lowest BCUT2D eigenvalue weighted by Crippen LogP contribution is -2.22. The van der Waals surface area contributed by atoms with Crippen LogP contribution < -0.4 is 0 Å². The van der Waals surface area contributed by atoms with E-state index in [0.29, 0.717) is 6.04 Å². The molecule has 2 heteroatoms. The van der Waals surface area contributed by atoms with Crippen LogP contribution in [-0.2, 0) is 0 Å². The van der Waals surface area contributed by atoms with E-state index in [2.05, 4.69) is 35.9 Å². The molecule has 1 aliphatic heterocycles. The molecule has 0 saturated carbocycles. The van der Waals surface area contributed by atoms with Crippen LogP contribution in [0.25, 0.3) is 0 Å². The van der Waals surface area contributed by atoms with Gasteiger partial charge in [-0.2, -0.15) is 0 Å². The molecule has 0 aliphatic carbocycles. The first-order valence-electron chi connectivity index (χ1n) is 5.48. The van der Waals surface area contributed by atoms with Crippen LogP contribution in [0.15, 0.2) is 18.3 Å². The molecule has 1 aliphatic rings. The summed E-state index contributed by atoms with van der Waals surface area (Å²) in [6, 6.07) is 5.02. The molecule has 1 atom stereocenters. The second-order valence-corrected chi connectivity index (χ2v) is 4.02. The first kappa shape index (κ1) is 9.66. The molecule has 2 heterocycles. The van der Waals surface area contributed by atoms with E-state index >= 15 is 0 Å². The first-order chi connectivity index (χ1) is 6.81. The minimum Gasteiger partial charge on any atom is -0.297 e. The number of aromatic nitrogens is 1. The van der Waals surface area contributed by atoms with Gasteiger partial charge < -0.3 is 0 Å². The smallest absolute Gasteiger partial charge is 0.0375 e. The molecule has 0 bridgehead atoms. The second-order valence-electron chi connectivity index (χ2n) is 4.02. The lowest BCUT2D eigenvalue weighted by atomic mass is 10.1. The van der Waals surface area contributed by atoms with Crippen molar-refractivity contribution in [2.24, 2.45) is 0 Å². The van der Waals surface area contributed by atoms with Gasteiger partial charge in [-0.1, -0.05) is 6.92 Å². The first-order valence-corrected chi connectivity index (χ1v) is 5.48. The van der Waals surface area contributed by atoms with Gasteiger partial charge in [-0.3, -0.25) is 9.88 Å². The summed E-state index contributed by atoms with van der Waals surface area (Å²) < 4.78 is 0.